The Morgan fingerprint density at radius 2 is 2.04 bits per heavy atom. The van der Waals surface area contributed by atoms with Gasteiger partial charge in [-0.1, -0.05) is 24.3 Å². The van der Waals surface area contributed by atoms with E-state index in [4.69, 9.17) is 9.47 Å². The van der Waals surface area contributed by atoms with Crippen molar-refractivity contribution in [1.29, 1.82) is 0 Å². The zero-order valence-electron chi connectivity index (χ0n) is 15.6. The predicted molar refractivity (Wildman–Crippen MR) is 106 cm³/mol. The zero-order valence-corrected chi connectivity index (χ0v) is 15.6. The van der Waals surface area contributed by atoms with Crippen LogP contribution in [0.5, 0.6) is 5.75 Å². The van der Waals surface area contributed by atoms with Gasteiger partial charge >= 0.3 is 0 Å². The summed E-state index contributed by atoms with van der Waals surface area (Å²) >= 11 is 0. The first-order valence-electron chi connectivity index (χ1n) is 9.39. The molecule has 2 aromatic carbocycles. The third-order valence-corrected chi connectivity index (χ3v) is 4.97. The van der Waals surface area contributed by atoms with Crippen molar-refractivity contribution >= 4 is 10.9 Å². The highest BCUT2D eigenvalue weighted by Gasteiger charge is 2.12. The van der Waals surface area contributed by atoms with Gasteiger partial charge in [0.15, 0.2) is 0 Å². The molecule has 0 aliphatic carbocycles. The number of phenolic OH excluding ortho intramolecular Hbond substituents is 1. The minimum absolute atomic E-state index is 0.0124. The van der Waals surface area contributed by atoms with Gasteiger partial charge in [0.1, 0.15) is 11.3 Å². The third-order valence-electron chi connectivity index (χ3n) is 4.97. The summed E-state index contributed by atoms with van der Waals surface area (Å²) in [5.74, 6) is -0.0124. The van der Waals surface area contributed by atoms with E-state index >= 15 is 0 Å². The van der Waals surface area contributed by atoms with Crippen LogP contribution in [0, 0.1) is 0 Å². The summed E-state index contributed by atoms with van der Waals surface area (Å²) in [7, 11) is 0. The molecule has 0 spiro atoms. The number of aromatic nitrogens is 2. The molecule has 28 heavy (non-hydrogen) atoms. The van der Waals surface area contributed by atoms with Crippen LogP contribution in [0.4, 0.5) is 0 Å². The highest BCUT2D eigenvalue weighted by atomic mass is 16.5. The van der Waals surface area contributed by atoms with Crippen molar-refractivity contribution < 1.29 is 14.6 Å². The van der Waals surface area contributed by atoms with Crippen LogP contribution >= 0.6 is 0 Å². The predicted octanol–water partition coefficient (Wildman–Crippen LogP) is 2.14. The molecule has 0 atom stereocenters. The van der Waals surface area contributed by atoms with Gasteiger partial charge in [-0.15, -0.1) is 0 Å². The Labute approximate surface area is 162 Å². The smallest absolute Gasteiger partial charge is 0.258 e. The van der Waals surface area contributed by atoms with E-state index in [0.717, 1.165) is 49.5 Å². The van der Waals surface area contributed by atoms with E-state index in [-0.39, 0.29) is 11.3 Å². The minimum Gasteiger partial charge on any atom is -0.506 e. The molecule has 0 saturated carbocycles. The molecule has 146 valence electrons. The van der Waals surface area contributed by atoms with Crippen molar-refractivity contribution in [3.05, 3.63) is 58.6 Å². The summed E-state index contributed by atoms with van der Waals surface area (Å²) in [6, 6.07) is 11.3. The molecule has 2 N–H and O–H groups in total. The van der Waals surface area contributed by atoms with Crippen molar-refractivity contribution in [3.8, 4) is 16.9 Å². The number of aromatic amines is 1. The molecule has 1 aromatic heterocycles. The molecule has 1 aliphatic heterocycles. The molecule has 0 bridgehead atoms. The van der Waals surface area contributed by atoms with Crippen molar-refractivity contribution in [2.75, 3.05) is 39.5 Å². The van der Waals surface area contributed by atoms with Gasteiger partial charge in [-0.25, -0.2) is 4.98 Å². The Morgan fingerprint density at radius 3 is 2.89 bits per heavy atom. The highest BCUT2D eigenvalue weighted by Crippen LogP contribution is 2.31. The summed E-state index contributed by atoms with van der Waals surface area (Å²) in [5, 5.41) is 10.7. The van der Waals surface area contributed by atoms with E-state index in [9.17, 15) is 9.90 Å². The van der Waals surface area contributed by atoms with Crippen molar-refractivity contribution in [2.45, 2.75) is 6.61 Å². The number of nitrogens with zero attached hydrogens (tertiary/aromatic N) is 2. The second-order valence-corrected chi connectivity index (χ2v) is 6.79. The fourth-order valence-electron chi connectivity index (χ4n) is 3.44. The molecule has 1 fully saturated rings. The summed E-state index contributed by atoms with van der Waals surface area (Å²) in [4.78, 5) is 21.1. The SMILES string of the molecule is O=c1[nH]cnc2c(O)cc(-c3ccccc3COCCN3CCOCC3)cc12. The average Bonchev–Trinajstić information content (AvgIpc) is 2.73. The van der Waals surface area contributed by atoms with Crippen LogP contribution in [0.1, 0.15) is 5.56 Å². The second kappa shape index (κ2) is 8.52. The molecule has 7 heteroatoms. The lowest BCUT2D eigenvalue weighted by Gasteiger charge is -2.26. The monoisotopic (exact) mass is 381 g/mol. The van der Waals surface area contributed by atoms with Crippen molar-refractivity contribution in [1.82, 2.24) is 14.9 Å². The first kappa shape index (κ1) is 18.6. The van der Waals surface area contributed by atoms with Gasteiger partial charge in [-0.2, -0.15) is 0 Å². The Hall–Kier alpha value is -2.74. The van der Waals surface area contributed by atoms with Crippen LogP contribution < -0.4 is 5.56 Å². The maximum Gasteiger partial charge on any atom is 0.258 e. The Bertz CT molecular complexity index is 1010. The number of aromatic hydroxyl groups is 1. The minimum atomic E-state index is -0.276. The van der Waals surface area contributed by atoms with Crippen LogP contribution in [0.25, 0.3) is 22.0 Å². The van der Waals surface area contributed by atoms with E-state index < -0.39 is 0 Å². The summed E-state index contributed by atoms with van der Waals surface area (Å²) in [5.41, 5.74) is 2.71. The Morgan fingerprint density at radius 1 is 1.21 bits per heavy atom. The number of ether oxygens (including phenoxy) is 2. The normalized spacial score (nSPS) is 15.1. The first-order chi connectivity index (χ1) is 13.7. The van der Waals surface area contributed by atoms with Crippen LogP contribution in [-0.2, 0) is 16.1 Å². The number of nitrogens with one attached hydrogen (secondary N) is 1. The van der Waals surface area contributed by atoms with E-state index in [0.29, 0.717) is 24.1 Å². The number of benzene rings is 2. The fraction of sp³-hybridized carbons (Fsp3) is 0.333. The van der Waals surface area contributed by atoms with Gasteiger partial charge in [-0.3, -0.25) is 9.69 Å². The van der Waals surface area contributed by atoms with Crippen molar-refractivity contribution in [2.24, 2.45) is 0 Å². The summed E-state index contributed by atoms with van der Waals surface area (Å²) in [6.45, 7) is 5.43. The molecule has 2 heterocycles. The maximum atomic E-state index is 12.1. The topological polar surface area (TPSA) is 87.7 Å². The van der Waals surface area contributed by atoms with E-state index in [1.54, 1.807) is 12.1 Å². The second-order valence-electron chi connectivity index (χ2n) is 6.79. The molecular formula is C21H23N3O4. The van der Waals surface area contributed by atoms with E-state index in [2.05, 4.69) is 14.9 Å². The lowest BCUT2D eigenvalue weighted by molar-refractivity contribution is 0.0181. The number of morpholine rings is 1. The van der Waals surface area contributed by atoms with E-state index in [1.807, 2.05) is 24.3 Å². The Kier molecular flexibility index (Phi) is 5.66. The van der Waals surface area contributed by atoms with Crippen molar-refractivity contribution in [3.63, 3.8) is 0 Å². The standard InChI is InChI=1S/C21H23N3O4/c25-19-12-16(11-18-20(19)22-14-23-21(18)26)17-4-2-1-3-15(17)13-28-10-7-24-5-8-27-9-6-24/h1-4,11-12,14,25H,5-10,13H2,(H,22,23,26). The van der Waals surface area contributed by atoms with E-state index in [1.165, 1.54) is 6.33 Å². The molecule has 0 amide bonds. The number of H-pyrrole nitrogens is 1. The molecule has 3 aromatic rings. The van der Waals surface area contributed by atoms with Gasteiger partial charge in [0, 0.05) is 19.6 Å². The molecule has 1 saturated heterocycles. The third kappa shape index (κ3) is 4.06. The molecule has 7 nitrogen and oxygen atoms in total. The number of phenols is 1. The summed E-state index contributed by atoms with van der Waals surface area (Å²) < 4.78 is 11.3. The molecule has 1 aliphatic rings. The van der Waals surface area contributed by atoms with Gasteiger partial charge in [-0.05, 0) is 28.8 Å². The van der Waals surface area contributed by atoms with Gasteiger partial charge < -0.3 is 19.6 Å². The molecule has 0 unspecified atom stereocenters. The fourth-order valence-corrected chi connectivity index (χ4v) is 3.44. The lowest BCUT2D eigenvalue weighted by Crippen LogP contribution is -2.38. The average molecular weight is 381 g/mol. The Balaban J connectivity index is 1.52. The van der Waals surface area contributed by atoms with Crippen LogP contribution in [0.2, 0.25) is 0 Å². The molecule has 0 radical (unpaired) electrons. The number of rotatable bonds is 6. The largest absolute Gasteiger partial charge is 0.506 e. The molecule has 4 rings (SSSR count). The lowest BCUT2D eigenvalue weighted by atomic mass is 9.98. The zero-order chi connectivity index (χ0) is 19.3. The quantitative estimate of drug-likeness (QED) is 0.636. The number of hydrogen-bond acceptors (Lipinski definition) is 6. The number of fused-ring (bicyclic) bond motifs is 1. The van der Waals surface area contributed by atoms with Gasteiger partial charge in [0.25, 0.3) is 5.56 Å². The highest BCUT2D eigenvalue weighted by molar-refractivity contribution is 5.89. The van der Waals surface area contributed by atoms with Crippen LogP contribution in [0.3, 0.4) is 0 Å². The maximum absolute atomic E-state index is 12.1. The van der Waals surface area contributed by atoms with Crippen LogP contribution in [-0.4, -0.2) is 59.4 Å². The number of hydrogen-bond donors (Lipinski definition) is 2. The summed E-state index contributed by atoms with van der Waals surface area (Å²) in [6.07, 6.45) is 1.29. The van der Waals surface area contributed by atoms with Crippen LogP contribution in [0.15, 0.2) is 47.5 Å². The molecular weight excluding hydrogens is 358 g/mol. The first-order valence-corrected chi connectivity index (χ1v) is 9.39. The van der Waals surface area contributed by atoms with Gasteiger partial charge in [0.05, 0.1) is 38.1 Å². The van der Waals surface area contributed by atoms with Gasteiger partial charge in [0.2, 0.25) is 0 Å².